The molecular formula is C21H19N5O2. The molecule has 0 saturated heterocycles. The summed E-state index contributed by atoms with van der Waals surface area (Å²) in [5, 5.41) is 3.19. The van der Waals surface area contributed by atoms with Crippen molar-refractivity contribution in [3.05, 3.63) is 78.0 Å². The number of nitrogens with zero attached hydrogens (tertiary/aromatic N) is 4. The number of hydrogen-bond acceptors (Lipinski definition) is 6. The second kappa shape index (κ2) is 7.87. The number of hydrogen-bond donors (Lipinski definition) is 1. The van der Waals surface area contributed by atoms with Gasteiger partial charge in [-0.25, -0.2) is 15.0 Å². The average Bonchev–Trinajstić information content (AvgIpc) is 3.21. The van der Waals surface area contributed by atoms with Crippen molar-refractivity contribution in [2.24, 2.45) is 0 Å². The van der Waals surface area contributed by atoms with E-state index >= 15 is 0 Å². The molecule has 28 heavy (non-hydrogen) atoms. The number of fused-ring (bicyclic) bond motifs is 1. The topological polar surface area (TPSA) is 81.4 Å². The molecule has 0 bridgehead atoms. The van der Waals surface area contributed by atoms with Crippen LogP contribution >= 0.6 is 0 Å². The normalized spacial score (nSPS) is 10.8. The van der Waals surface area contributed by atoms with E-state index in [4.69, 9.17) is 4.74 Å². The van der Waals surface area contributed by atoms with E-state index in [1.54, 1.807) is 19.4 Å². The lowest BCUT2D eigenvalue weighted by atomic mass is 10.0. The summed E-state index contributed by atoms with van der Waals surface area (Å²) in [7, 11) is 1.60. The van der Waals surface area contributed by atoms with Gasteiger partial charge in [-0.15, -0.1) is 0 Å². The molecule has 0 atom stereocenters. The molecule has 0 unspecified atom stereocenters. The number of benzene rings is 1. The molecule has 0 fully saturated rings. The van der Waals surface area contributed by atoms with E-state index < -0.39 is 0 Å². The molecule has 0 aliphatic heterocycles. The Kier molecular flexibility index (Phi) is 4.97. The molecule has 1 aromatic carbocycles. The highest BCUT2D eigenvalue weighted by Crippen LogP contribution is 2.18. The number of ether oxygens (including phenoxy) is 1. The molecule has 0 aliphatic rings. The van der Waals surface area contributed by atoms with E-state index in [1.807, 2.05) is 53.5 Å². The Bertz CT molecular complexity index is 1110. The first-order chi connectivity index (χ1) is 13.7. The van der Waals surface area contributed by atoms with Crippen molar-refractivity contribution in [3.8, 4) is 5.75 Å². The Morgan fingerprint density at radius 2 is 1.89 bits per heavy atom. The van der Waals surface area contributed by atoms with Gasteiger partial charge in [-0.3, -0.25) is 4.79 Å². The summed E-state index contributed by atoms with van der Waals surface area (Å²) in [5.41, 5.74) is 4.44. The third kappa shape index (κ3) is 3.98. The molecule has 0 saturated carbocycles. The Labute approximate surface area is 162 Å². The number of nitrogens with one attached hydrogen (secondary N) is 1. The van der Waals surface area contributed by atoms with Crippen LogP contribution in [0.2, 0.25) is 0 Å². The van der Waals surface area contributed by atoms with E-state index in [0.29, 0.717) is 17.3 Å². The minimum absolute atomic E-state index is 0.535. The maximum atomic E-state index is 11.1. The van der Waals surface area contributed by atoms with Gasteiger partial charge in [0.05, 0.1) is 12.8 Å². The SMILES string of the molecule is COc1cc(C=O)cc(CCc2cnc(Nc3ccc4nccn4c3)nc2)c1. The van der Waals surface area contributed by atoms with Crippen LogP contribution in [0.4, 0.5) is 11.6 Å². The number of rotatable bonds is 7. The van der Waals surface area contributed by atoms with Crippen molar-refractivity contribution < 1.29 is 9.53 Å². The first-order valence-electron chi connectivity index (χ1n) is 8.87. The Balaban J connectivity index is 1.41. The highest BCUT2D eigenvalue weighted by Gasteiger charge is 2.04. The van der Waals surface area contributed by atoms with Gasteiger partial charge in [0.25, 0.3) is 0 Å². The van der Waals surface area contributed by atoms with Crippen LogP contribution in [-0.4, -0.2) is 32.7 Å². The van der Waals surface area contributed by atoms with Crippen LogP contribution in [0.3, 0.4) is 0 Å². The van der Waals surface area contributed by atoms with Gasteiger partial charge in [0.1, 0.15) is 17.7 Å². The van der Waals surface area contributed by atoms with Gasteiger partial charge < -0.3 is 14.5 Å². The Hall–Kier alpha value is -3.74. The fraction of sp³-hybridized carbons (Fsp3) is 0.143. The number of imidazole rings is 1. The molecule has 0 radical (unpaired) electrons. The van der Waals surface area contributed by atoms with E-state index in [1.165, 1.54) is 0 Å². The van der Waals surface area contributed by atoms with Crippen LogP contribution in [0, 0.1) is 0 Å². The molecular weight excluding hydrogens is 354 g/mol. The van der Waals surface area contributed by atoms with Crippen LogP contribution in [0.1, 0.15) is 21.5 Å². The first-order valence-corrected chi connectivity index (χ1v) is 8.87. The number of carbonyl (C=O) groups excluding carboxylic acids is 1. The monoisotopic (exact) mass is 373 g/mol. The lowest BCUT2D eigenvalue weighted by Crippen LogP contribution is -2.00. The third-order valence-corrected chi connectivity index (χ3v) is 4.41. The number of aromatic nitrogens is 4. The van der Waals surface area contributed by atoms with Gasteiger partial charge in [-0.1, -0.05) is 0 Å². The number of anilines is 2. The summed E-state index contributed by atoms with van der Waals surface area (Å²) in [6, 6.07) is 9.40. The van der Waals surface area contributed by atoms with E-state index in [9.17, 15) is 4.79 Å². The highest BCUT2D eigenvalue weighted by atomic mass is 16.5. The zero-order valence-corrected chi connectivity index (χ0v) is 15.4. The molecule has 1 N–H and O–H groups in total. The van der Waals surface area contributed by atoms with Crippen molar-refractivity contribution in [3.63, 3.8) is 0 Å². The lowest BCUT2D eigenvalue weighted by Gasteiger charge is -2.08. The second-order valence-electron chi connectivity index (χ2n) is 6.38. The van der Waals surface area contributed by atoms with Gasteiger partial charge in [0.2, 0.25) is 5.95 Å². The van der Waals surface area contributed by atoms with Gasteiger partial charge in [0, 0.05) is 36.5 Å². The van der Waals surface area contributed by atoms with Crippen LogP contribution in [0.25, 0.3) is 5.65 Å². The number of carbonyl (C=O) groups is 1. The zero-order valence-electron chi connectivity index (χ0n) is 15.4. The summed E-state index contributed by atoms with van der Waals surface area (Å²) >= 11 is 0. The average molecular weight is 373 g/mol. The number of aryl methyl sites for hydroxylation is 2. The number of pyridine rings is 1. The maximum Gasteiger partial charge on any atom is 0.227 e. The minimum atomic E-state index is 0.535. The minimum Gasteiger partial charge on any atom is -0.497 e. The van der Waals surface area contributed by atoms with Crippen LogP contribution in [0.15, 0.2) is 61.3 Å². The first kappa shape index (κ1) is 17.7. The van der Waals surface area contributed by atoms with Crippen LogP contribution in [-0.2, 0) is 12.8 Å². The van der Waals surface area contributed by atoms with Crippen molar-refractivity contribution >= 4 is 23.6 Å². The lowest BCUT2D eigenvalue weighted by molar-refractivity contribution is 0.112. The molecule has 0 amide bonds. The standard InChI is InChI=1S/C21H19N5O2/c1-28-19-9-15(8-17(10-19)14-27)2-3-16-11-23-21(24-12-16)25-18-4-5-20-22-6-7-26(20)13-18/h4-14H,2-3H2,1H3,(H,23,24,25). The number of methoxy groups -OCH3 is 1. The van der Waals surface area contributed by atoms with E-state index in [-0.39, 0.29) is 0 Å². The summed E-state index contributed by atoms with van der Waals surface area (Å²) in [6.45, 7) is 0. The van der Waals surface area contributed by atoms with E-state index in [0.717, 1.165) is 41.6 Å². The van der Waals surface area contributed by atoms with E-state index in [2.05, 4.69) is 20.3 Å². The van der Waals surface area contributed by atoms with Crippen molar-refractivity contribution in [1.29, 1.82) is 0 Å². The van der Waals surface area contributed by atoms with Gasteiger partial charge in [0.15, 0.2) is 0 Å². The smallest absolute Gasteiger partial charge is 0.227 e. The molecule has 0 aliphatic carbocycles. The largest absolute Gasteiger partial charge is 0.497 e. The molecule has 4 aromatic rings. The van der Waals surface area contributed by atoms with Crippen LogP contribution < -0.4 is 10.1 Å². The maximum absolute atomic E-state index is 11.1. The predicted octanol–water partition coefficient (Wildman–Crippen LogP) is 3.47. The fourth-order valence-electron chi connectivity index (χ4n) is 2.98. The predicted molar refractivity (Wildman–Crippen MR) is 106 cm³/mol. The molecule has 4 rings (SSSR count). The summed E-state index contributed by atoms with van der Waals surface area (Å²) < 4.78 is 7.17. The summed E-state index contributed by atoms with van der Waals surface area (Å²) in [6.07, 6.45) is 11.6. The fourth-order valence-corrected chi connectivity index (χ4v) is 2.98. The van der Waals surface area contributed by atoms with Crippen molar-refractivity contribution in [1.82, 2.24) is 19.4 Å². The van der Waals surface area contributed by atoms with Gasteiger partial charge >= 0.3 is 0 Å². The van der Waals surface area contributed by atoms with Gasteiger partial charge in [-0.2, -0.15) is 0 Å². The molecule has 140 valence electrons. The molecule has 3 aromatic heterocycles. The van der Waals surface area contributed by atoms with Gasteiger partial charge in [-0.05, 0) is 54.3 Å². The second-order valence-corrected chi connectivity index (χ2v) is 6.38. The Morgan fingerprint density at radius 1 is 1.07 bits per heavy atom. The zero-order chi connectivity index (χ0) is 19.3. The summed E-state index contributed by atoms with van der Waals surface area (Å²) in [5.74, 6) is 1.22. The van der Waals surface area contributed by atoms with Crippen molar-refractivity contribution in [2.75, 3.05) is 12.4 Å². The van der Waals surface area contributed by atoms with Crippen LogP contribution in [0.5, 0.6) is 5.75 Å². The quantitative estimate of drug-likeness (QED) is 0.500. The summed E-state index contributed by atoms with van der Waals surface area (Å²) in [4.78, 5) is 24.1. The molecule has 0 spiro atoms. The number of aldehydes is 1. The molecule has 7 heteroatoms. The highest BCUT2D eigenvalue weighted by molar-refractivity contribution is 5.76. The Morgan fingerprint density at radius 3 is 2.68 bits per heavy atom. The molecule has 3 heterocycles. The van der Waals surface area contributed by atoms with Crippen molar-refractivity contribution in [2.45, 2.75) is 12.8 Å². The molecule has 7 nitrogen and oxygen atoms in total. The third-order valence-electron chi connectivity index (χ3n) is 4.41.